The van der Waals surface area contributed by atoms with Gasteiger partial charge in [-0.05, 0) is 25.0 Å². The number of aromatic nitrogens is 1. The number of hydrogen-bond donors (Lipinski definition) is 2. The minimum atomic E-state index is 0.0260. The van der Waals surface area contributed by atoms with Crippen molar-refractivity contribution in [2.24, 2.45) is 0 Å². The smallest absolute Gasteiger partial charge is 0.233 e. The van der Waals surface area contributed by atoms with Crippen LogP contribution in [-0.4, -0.2) is 24.0 Å². The molecule has 0 bridgehead atoms. The van der Waals surface area contributed by atoms with E-state index >= 15 is 0 Å². The van der Waals surface area contributed by atoms with Gasteiger partial charge in [0.1, 0.15) is 0 Å². The topological polar surface area (TPSA) is 54.0 Å². The van der Waals surface area contributed by atoms with Crippen LogP contribution in [0.1, 0.15) is 18.1 Å². The highest BCUT2D eigenvalue weighted by Crippen LogP contribution is 1.99. The maximum Gasteiger partial charge on any atom is 0.233 e. The van der Waals surface area contributed by atoms with Gasteiger partial charge in [0.05, 0.1) is 6.54 Å². The summed E-state index contributed by atoms with van der Waals surface area (Å²) in [5.41, 5.74) is 2.23. The first-order valence-electron chi connectivity index (χ1n) is 5.10. The van der Waals surface area contributed by atoms with Gasteiger partial charge in [0.2, 0.25) is 5.91 Å². The Balaban J connectivity index is 2.28. The largest absolute Gasteiger partial charge is 0.355 e. The predicted molar refractivity (Wildman–Crippen MR) is 59.4 cm³/mol. The number of hydrogen-bond acceptors (Lipinski definition) is 3. The van der Waals surface area contributed by atoms with Gasteiger partial charge >= 0.3 is 0 Å². The molecule has 1 aromatic rings. The van der Waals surface area contributed by atoms with Crippen molar-refractivity contribution in [2.75, 3.05) is 13.1 Å². The van der Waals surface area contributed by atoms with Gasteiger partial charge in [-0.2, -0.15) is 0 Å². The zero-order valence-corrected chi connectivity index (χ0v) is 9.21. The first kappa shape index (κ1) is 11.7. The van der Waals surface area contributed by atoms with Crippen LogP contribution in [-0.2, 0) is 11.3 Å². The van der Waals surface area contributed by atoms with E-state index < -0.39 is 0 Å². The fourth-order valence-corrected chi connectivity index (χ4v) is 1.29. The van der Waals surface area contributed by atoms with Crippen LogP contribution in [0.15, 0.2) is 18.5 Å². The van der Waals surface area contributed by atoms with Crippen molar-refractivity contribution in [1.29, 1.82) is 0 Å². The third-order valence-electron chi connectivity index (χ3n) is 1.92. The number of carbonyl (C=O) groups excluding carboxylic acids is 1. The second-order valence-electron chi connectivity index (χ2n) is 3.43. The lowest BCUT2D eigenvalue weighted by atomic mass is 10.2. The average Bonchev–Trinajstić information content (AvgIpc) is 2.18. The van der Waals surface area contributed by atoms with Gasteiger partial charge in [-0.1, -0.05) is 6.07 Å². The number of aryl methyl sites for hydroxylation is 1. The molecule has 0 saturated heterocycles. The van der Waals surface area contributed by atoms with Gasteiger partial charge in [0.25, 0.3) is 0 Å². The van der Waals surface area contributed by atoms with Crippen LogP contribution >= 0.6 is 0 Å². The molecule has 2 N–H and O–H groups in total. The summed E-state index contributed by atoms with van der Waals surface area (Å²) in [5.74, 6) is 0.0260. The number of amides is 1. The average molecular weight is 207 g/mol. The first-order valence-corrected chi connectivity index (χ1v) is 5.10. The zero-order valence-electron chi connectivity index (χ0n) is 9.21. The summed E-state index contributed by atoms with van der Waals surface area (Å²) < 4.78 is 0. The highest BCUT2D eigenvalue weighted by atomic mass is 16.1. The summed E-state index contributed by atoms with van der Waals surface area (Å²) in [6.45, 7) is 5.60. The van der Waals surface area contributed by atoms with Crippen LogP contribution in [0.3, 0.4) is 0 Å². The highest BCUT2D eigenvalue weighted by Gasteiger charge is 1.98. The van der Waals surface area contributed by atoms with E-state index in [0.717, 1.165) is 11.1 Å². The summed E-state index contributed by atoms with van der Waals surface area (Å²) in [6, 6.07) is 2.05. The molecule has 0 radical (unpaired) electrons. The lowest BCUT2D eigenvalue weighted by Gasteiger charge is -2.05. The maximum atomic E-state index is 11.1. The van der Waals surface area contributed by atoms with Crippen molar-refractivity contribution < 1.29 is 4.79 Å². The van der Waals surface area contributed by atoms with Crippen molar-refractivity contribution in [2.45, 2.75) is 20.4 Å². The molecule has 15 heavy (non-hydrogen) atoms. The van der Waals surface area contributed by atoms with Gasteiger partial charge in [0, 0.05) is 25.5 Å². The monoisotopic (exact) mass is 207 g/mol. The summed E-state index contributed by atoms with van der Waals surface area (Å²) >= 11 is 0. The van der Waals surface area contributed by atoms with E-state index in [9.17, 15) is 4.79 Å². The second-order valence-corrected chi connectivity index (χ2v) is 3.43. The van der Waals surface area contributed by atoms with E-state index in [-0.39, 0.29) is 5.91 Å². The van der Waals surface area contributed by atoms with Crippen molar-refractivity contribution in [3.05, 3.63) is 29.6 Å². The minimum absolute atomic E-state index is 0.0260. The first-order chi connectivity index (χ1) is 7.22. The third-order valence-corrected chi connectivity index (χ3v) is 1.92. The molecule has 1 aromatic heterocycles. The number of pyridine rings is 1. The lowest BCUT2D eigenvalue weighted by Crippen LogP contribution is -2.33. The highest BCUT2D eigenvalue weighted by molar-refractivity contribution is 5.77. The van der Waals surface area contributed by atoms with Crippen molar-refractivity contribution in [1.82, 2.24) is 15.6 Å². The second kappa shape index (κ2) is 6.14. The van der Waals surface area contributed by atoms with E-state index in [1.807, 2.05) is 20.0 Å². The Labute approximate surface area is 90.1 Å². The Kier molecular flexibility index (Phi) is 4.77. The van der Waals surface area contributed by atoms with Crippen molar-refractivity contribution in [3.8, 4) is 0 Å². The molecule has 0 aliphatic heterocycles. The molecule has 0 saturated carbocycles. The summed E-state index contributed by atoms with van der Waals surface area (Å²) in [4.78, 5) is 15.2. The molecule has 0 atom stereocenters. The molecule has 4 heteroatoms. The molecule has 4 nitrogen and oxygen atoms in total. The van der Waals surface area contributed by atoms with Gasteiger partial charge in [-0.15, -0.1) is 0 Å². The molecule has 0 aromatic carbocycles. The standard InChI is InChI=1S/C11H17N3O/c1-3-14-11(15)8-13-7-10-4-9(2)5-12-6-10/h4-6,13H,3,7-8H2,1-2H3,(H,14,15). The van der Waals surface area contributed by atoms with E-state index in [1.54, 1.807) is 6.20 Å². The number of nitrogens with zero attached hydrogens (tertiary/aromatic N) is 1. The molecule has 0 unspecified atom stereocenters. The molecule has 1 amide bonds. The molecule has 1 rings (SSSR count). The number of likely N-dealkylation sites (N-methyl/N-ethyl adjacent to an activating group) is 1. The van der Waals surface area contributed by atoms with Crippen molar-refractivity contribution >= 4 is 5.91 Å². The van der Waals surface area contributed by atoms with Gasteiger partial charge < -0.3 is 10.6 Å². The molecule has 0 aliphatic rings. The van der Waals surface area contributed by atoms with E-state index in [1.165, 1.54) is 0 Å². The SMILES string of the molecule is CCNC(=O)CNCc1cncc(C)c1. The molecule has 0 aliphatic carbocycles. The third kappa shape index (κ3) is 4.56. The van der Waals surface area contributed by atoms with Gasteiger partial charge in [-0.3, -0.25) is 9.78 Å². The lowest BCUT2D eigenvalue weighted by molar-refractivity contribution is -0.120. The molecule has 0 fully saturated rings. The molecule has 0 spiro atoms. The molecular formula is C11H17N3O. The summed E-state index contributed by atoms with van der Waals surface area (Å²) in [6.07, 6.45) is 3.62. The van der Waals surface area contributed by atoms with Crippen molar-refractivity contribution in [3.63, 3.8) is 0 Å². The normalized spacial score (nSPS) is 10.0. The van der Waals surface area contributed by atoms with Gasteiger partial charge in [-0.25, -0.2) is 0 Å². The van der Waals surface area contributed by atoms with E-state index in [0.29, 0.717) is 19.6 Å². The van der Waals surface area contributed by atoms with Gasteiger partial charge in [0.15, 0.2) is 0 Å². The Morgan fingerprint density at radius 2 is 2.27 bits per heavy atom. The number of rotatable bonds is 5. The minimum Gasteiger partial charge on any atom is -0.355 e. The summed E-state index contributed by atoms with van der Waals surface area (Å²) in [5, 5.41) is 5.79. The fourth-order valence-electron chi connectivity index (χ4n) is 1.29. The van der Waals surface area contributed by atoms with E-state index in [2.05, 4.69) is 21.7 Å². The number of carbonyl (C=O) groups is 1. The Morgan fingerprint density at radius 1 is 1.47 bits per heavy atom. The van der Waals surface area contributed by atoms with Crippen LogP contribution in [0.25, 0.3) is 0 Å². The number of nitrogens with one attached hydrogen (secondary N) is 2. The fraction of sp³-hybridized carbons (Fsp3) is 0.455. The maximum absolute atomic E-state index is 11.1. The Morgan fingerprint density at radius 3 is 2.93 bits per heavy atom. The molecular weight excluding hydrogens is 190 g/mol. The van der Waals surface area contributed by atoms with Crippen LogP contribution in [0, 0.1) is 6.92 Å². The van der Waals surface area contributed by atoms with Crippen LogP contribution < -0.4 is 10.6 Å². The van der Waals surface area contributed by atoms with Crippen LogP contribution in [0.4, 0.5) is 0 Å². The Hall–Kier alpha value is -1.42. The molecule has 1 heterocycles. The van der Waals surface area contributed by atoms with Crippen LogP contribution in [0.2, 0.25) is 0 Å². The quantitative estimate of drug-likeness (QED) is 0.744. The Bertz CT molecular complexity index is 325. The van der Waals surface area contributed by atoms with E-state index in [4.69, 9.17) is 0 Å². The van der Waals surface area contributed by atoms with Crippen LogP contribution in [0.5, 0.6) is 0 Å². The zero-order chi connectivity index (χ0) is 11.1. The predicted octanol–water partition coefficient (Wildman–Crippen LogP) is 0.616. The summed E-state index contributed by atoms with van der Waals surface area (Å²) in [7, 11) is 0. The molecule has 82 valence electrons.